The van der Waals surface area contributed by atoms with Crippen LogP contribution in [0.3, 0.4) is 0 Å². The van der Waals surface area contributed by atoms with E-state index < -0.39 is 18.2 Å². The molecule has 3 atom stereocenters. The number of nitrogens with one attached hydrogen (secondary N) is 1. The van der Waals surface area contributed by atoms with Crippen LogP contribution in [0.25, 0.3) is 0 Å². The van der Waals surface area contributed by atoms with Crippen molar-refractivity contribution in [2.24, 2.45) is 0 Å². The molecule has 0 aromatic heterocycles. The molecule has 3 unspecified atom stereocenters. The third-order valence-electron chi connectivity index (χ3n) is 10.2. The molecule has 0 bridgehead atoms. The van der Waals surface area contributed by atoms with Gasteiger partial charge in [0.15, 0.2) is 0 Å². The lowest BCUT2D eigenvalue weighted by atomic mass is 10.0. The molecular weight excluding hydrogens is 719 g/mol. The summed E-state index contributed by atoms with van der Waals surface area (Å²) in [5, 5.41) is 23.6. The second-order valence-corrected chi connectivity index (χ2v) is 15.7. The Morgan fingerprint density at radius 1 is 0.517 bits per heavy atom. The smallest absolute Gasteiger partial charge is 0.306 e. The summed E-state index contributed by atoms with van der Waals surface area (Å²) in [5.74, 6) is -0.566. The standard InChI is InChI=1S/C52H89NO5/c1-4-7-10-13-16-19-22-24-25-26-27-28-30-33-36-39-42-45-52(57)58-48(43-40-37-34-31-29-23-20-17-14-11-8-5-2)46-51(56)53-49(47-54)50(55)44-41-38-35-32-21-18-15-12-9-6-3/h7-8,10-11,16-17,19-20,24-25,27-28,33,36,48-50,54-55H,4-6,9,12-15,18,21-23,26,29-32,34-35,37-47H2,1-3H3,(H,53,56)/b10-7-,11-8+,19-16-,20-17+,25-24-,28-27-,36-33-. The van der Waals surface area contributed by atoms with E-state index in [-0.39, 0.29) is 24.9 Å². The van der Waals surface area contributed by atoms with E-state index in [9.17, 15) is 19.8 Å². The Bertz CT molecular complexity index is 1130. The van der Waals surface area contributed by atoms with Crippen molar-refractivity contribution in [2.45, 2.75) is 225 Å². The number of carbonyl (C=O) groups excluding carboxylic acids is 2. The highest BCUT2D eigenvalue weighted by atomic mass is 16.5. The number of ether oxygens (including phenoxy) is 1. The fourth-order valence-electron chi connectivity index (χ4n) is 6.68. The highest BCUT2D eigenvalue weighted by Crippen LogP contribution is 2.17. The summed E-state index contributed by atoms with van der Waals surface area (Å²) in [5.41, 5.74) is 0. The van der Waals surface area contributed by atoms with E-state index in [4.69, 9.17) is 4.74 Å². The van der Waals surface area contributed by atoms with Gasteiger partial charge >= 0.3 is 5.97 Å². The van der Waals surface area contributed by atoms with Crippen LogP contribution in [-0.2, 0) is 14.3 Å². The first-order valence-electron chi connectivity index (χ1n) is 23.8. The van der Waals surface area contributed by atoms with Gasteiger partial charge in [0.25, 0.3) is 0 Å². The average molecular weight is 808 g/mol. The Kier molecular flexibility index (Phi) is 42.8. The number of allylic oxidation sites excluding steroid dienone is 14. The predicted octanol–water partition coefficient (Wildman–Crippen LogP) is 14.0. The second-order valence-electron chi connectivity index (χ2n) is 15.7. The zero-order valence-corrected chi connectivity index (χ0v) is 37.6. The summed E-state index contributed by atoms with van der Waals surface area (Å²) in [4.78, 5) is 26.0. The summed E-state index contributed by atoms with van der Waals surface area (Å²) in [7, 11) is 0. The monoisotopic (exact) mass is 808 g/mol. The number of hydrogen-bond donors (Lipinski definition) is 3. The summed E-state index contributed by atoms with van der Waals surface area (Å²) in [6.07, 6.45) is 57.9. The van der Waals surface area contributed by atoms with Crippen LogP contribution in [0.15, 0.2) is 85.1 Å². The maximum atomic E-state index is 13.1. The van der Waals surface area contributed by atoms with Gasteiger partial charge in [0, 0.05) is 6.42 Å². The molecule has 0 fully saturated rings. The van der Waals surface area contributed by atoms with Crippen molar-refractivity contribution in [3.8, 4) is 0 Å². The quantitative estimate of drug-likeness (QED) is 0.0325. The van der Waals surface area contributed by atoms with Crippen molar-refractivity contribution in [2.75, 3.05) is 6.61 Å². The van der Waals surface area contributed by atoms with E-state index in [0.29, 0.717) is 25.7 Å². The van der Waals surface area contributed by atoms with Crippen LogP contribution in [-0.4, -0.2) is 46.9 Å². The van der Waals surface area contributed by atoms with E-state index in [1.165, 1.54) is 44.9 Å². The van der Waals surface area contributed by atoms with Crippen molar-refractivity contribution in [1.29, 1.82) is 0 Å². The third-order valence-corrected chi connectivity index (χ3v) is 10.2. The molecule has 0 rings (SSSR count). The molecule has 332 valence electrons. The van der Waals surface area contributed by atoms with E-state index in [0.717, 1.165) is 109 Å². The molecule has 1 amide bonds. The van der Waals surface area contributed by atoms with Crippen molar-refractivity contribution in [3.05, 3.63) is 85.1 Å². The van der Waals surface area contributed by atoms with Gasteiger partial charge in [-0.15, -0.1) is 0 Å². The molecule has 0 spiro atoms. The van der Waals surface area contributed by atoms with Crippen molar-refractivity contribution >= 4 is 11.9 Å². The maximum Gasteiger partial charge on any atom is 0.306 e. The number of carbonyl (C=O) groups is 2. The van der Waals surface area contributed by atoms with E-state index in [1.807, 2.05) is 0 Å². The number of amides is 1. The zero-order valence-electron chi connectivity index (χ0n) is 37.6. The lowest BCUT2D eigenvalue weighted by molar-refractivity contribution is -0.151. The fourth-order valence-corrected chi connectivity index (χ4v) is 6.68. The molecule has 0 aliphatic heterocycles. The number of esters is 1. The minimum atomic E-state index is -0.803. The average Bonchev–Trinajstić information content (AvgIpc) is 3.22. The molecule has 0 aromatic carbocycles. The molecule has 0 saturated heterocycles. The Morgan fingerprint density at radius 2 is 0.931 bits per heavy atom. The van der Waals surface area contributed by atoms with Crippen LogP contribution in [0.4, 0.5) is 0 Å². The van der Waals surface area contributed by atoms with E-state index in [1.54, 1.807) is 0 Å². The predicted molar refractivity (Wildman–Crippen MR) is 250 cm³/mol. The minimum absolute atomic E-state index is 0.0409. The van der Waals surface area contributed by atoms with Gasteiger partial charge in [0.2, 0.25) is 5.91 Å². The molecule has 0 heterocycles. The summed E-state index contributed by atoms with van der Waals surface area (Å²) in [6.45, 7) is 6.21. The first-order chi connectivity index (χ1) is 28.5. The number of aliphatic hydroxyl groups excluding tert-OH is 2. The highest BCUT2D eigenvalue weighted by molar-refractivity contribution is 5.77. The third kappa shape index (κ3) is 39.8. The van der Waals surface area contributed by atoms with Gasteiger partial charge in [-0.3, -0.25) is 9.59 Å². The molecule has 3 N–H and O–H groups in total. The van der Waals surface area contributed by atoms with Gasteiger partial charge in [-0.25, -0.2) is 0 Å². The second kappa shape index (κ2) is 45.1. The number of hydrogen-bond acceptors (Lipinski definition) is 5. The molecule has 58 heavy (non-hydrogen) atoms. The molecule has 6 nitrogen and oxygen atoms in total. The van der Waals surface area contributed by atoms with Crippen LogP contribution in [0, 0.1) is 0 Å². The van der Waals surface area contributed by atoms with Gasteiger partial charge in [0.05, 0.1) is 25.2 Å². The summed E-state index contributed by atoms with van der Waals surface area (Å²) < 4.78 is 5.88. The van der Waals surface area contributed by atoms with Gasteiger partial charge < -0.3 is 20.3 Å². The molecule has 0 aliphatic rings. The van der Waals surface area contributed by atoms with Crippen LogP contribution in [0.5, 0.6) is 0 Å². The van der Waals surface area contributed by atoms with Gasteiger partial charge in [0.1, 0.15) is 6.10 Å². The highest BCUT2D eigenvalue weighted by Gasteiger charge is 2.24. The Morgan fingerprint density at radius 3 is 1.41 bits per heavy atom. The number of rotatable bonds is 41. The Hall–Kier alpha value is -2.96. The topological polar surface area (TPSA) is 95.9 Å². The minimum Gasteiger partial charge on any atom is -0.462 e. The maximum absolute atomic E-state index is 13.1. The van der Waals surface area contributed by atoms with Crippen LogP contribution < -0.4 is 5.32 Å². The summed E-state index contributed by atoms with van der Waals surface area (Å²) >= 11 is 0. The normalized spacial score (nSPS) is 14.1. The van der Waals surface area contributed by atoms with Gasteiger partial charge in [-0.1, -0.05) is 189 Å². The molecular formula is C52H89NO5. The van der Waals surface area contributed by atoms with Crippen LogP contribution in [0.2, 0.25) is 0 Å². The lowest BCUT2D eigenvalue weighted by Crippen LogP contribution is -2.46. The van der Waals surface area contributed by atoms with E-state index in [2.05, 4.69) is 111 Å². The van der Waals surface area contributed by atoms with E-state index >= 15 is 0 Å². The first kappa shape index (κ1) is 55.0. The SMILES string of the molecule is CC/C=C\C/C=C\C/C=C\C/C=C\C/C=C\CCCC(=O)OC(CCCCCCC/C=C/C/C=C/CC)CC(=O)NC(CO)C(O)CCCCCCCCCCCC. The van der Waals surface area contributed by atoms with Crippen LogP contribution >= 0.6 is 0 Å². The van der Waals surface area contributed by atoms with Crippen molar-refractivity contribution < 1.29 is 24.5 Å². The van der Waals surface area contributed by atoms with Crippen LogP contribution in [0.1, 0.15) is 207 Å². The lowest BCUT2D eigenvalue weighted by Gasteiger charge is -2.24. The fraction of sp³-hybridized carbons (Fsp3) is 0.692. The zero-order chi connectivity index (χ0) is 42.4. The first-order valence-corrected chi connectivity index (χ1v) is 23.8. The molecule has 0 saturated carbocycles. The van der Waals surface area contributed by atoms with Crippen molar-refractivity contribution in [1.82, 2.24) is 5.32 Å². The number of aliphatic hydroxyl groups is 2. The molecule has 0 radical (unpaired) electrons. The van der Waals surface area contributed by atoms with Gasteiger partial charge in [-0.05, 0) is 89.9 Å². The summed E-state index contributed by atoms with van der Waals surface area (Å²) in [6, 6.07) is -0.720. The van der Waals surface area contributed by atoms with Crippen molar-refractivity contribution in [3.63, 3.8) is 0 Å². The molecule has 6 heteroatoms. The Balaban J connectivity index is 4.71. The number of unbranched alkanes of at least 4 members (excludes halogenated alkanes) is 15. The Labute approximate surface area is 357 Å². The molecule has 0 aliphatic carbocycles. The largest absolute Gasteiger partial charge is 0.462 e. The molecule has 0 aromatic rings. The van der Waals surface area contributed by atoms with Gasteiger partial charge in [-0.2, -0.15) is 0 Å².